The van der Waals surface area contributed by atoms with Crippen LogP contribution in [-0.2, 0) is 9.53 Å². The van der Waals surface area contributed by atoms with Gasteiger partial charge in [0.1, 0.15) is 0 Å². The summed E-state index contributed by atoms with van der Waals surface area (Å²) in [4.78, 5) is 24.3. The van der Waals surface area contributed by atoms with Crippen molar-refractivity contribution in [3.8, 4) is 0 Å². The first kappa shape index (κ1) is 13.1. The van der Waals surface area contributed by atoms with Gasteiger partial charge in [0.25, 0.3) is 0 Å². The second-order valence-corrected chi connectivity index (χ2v) is 5.00. The van der Waals surface area contributed by atoms with Crippen LogP contribution in [0.15, 0.2) is 0 Å². The zero-order valence-corrected chi connectivity index (χ0v) is 10.4. The third-order valence-corrected chi connectivity index (χ3v) is 3.61. The van der Waals surface area contributed by atoms with E-state index in [1.54, 1.807) is 4.90 Å². The van der Waals surface area contributed by atoms with Crippen LogP contribution in [0.5, 0.6) is 0 Å². The molecule has 2 aliphatic heterocycles. The van der Waals surface area contributed by atoms with Crippen LogP contribution in [0.2, 0.25) is 0 Å². The molecule has 0 aromatic heterocycles. The molecular formula is C12H20N2O4. The number of likely N-dealkylation sites (tertiary alicyclic amines) is 1. The molecule has 2 rings (SSSR count). The van der Waals surface area contributed by atoms with E-state index in [0.29, 0.717) is 25.6 Å². The van der Waals surface area contributed by atoms with E-state index in [4.69, 9.17) is 9.84 Å². The Bertz CT molecular complexity index is 315. The quantitative estimate of drug-likeness (QED) is 0.775. The van der Waals surface area contributed by atoms with Crippen LogP contribution in [0.3, 0.4) is 0 Å². The molecule has 102 valence electrons. The number of amides is 2. The highest BCUT2D eigenvalue weighted by atomic mass is 16.5. The van der Waals surface area contributed by atoms with Crippen molar-refractivity contribution in [1.82, 2.24) is 10.2 Å². The number of carboxylic acids is 1. The SMILES string of the molecule is O=C(O)CC1CCCN1C(=O)NCC1CCOC1. The lowest BCUT2D eigenvalue weighted by molar-refractivity contribution is -0.137. The smallest absolute Gasteiger partial charge is 0.317 e. The lowest BCUT2D eigenvalue weighted by Gasteiger charge is -2.24. The zero-order chi connectivity index (χ0) is 13.0. The zero-order valence-electron chi connectivity index (χ0n) is 10.4. The number of carbonyl (C=O) groups excluding carboxylic acids is 1. The number of hydrogen-bond donors (Lipinski definition) is 2. The molecule has 0 aliphatic carbocycles. The van der Waals surface area contributed by atoms with E-state index in [0.717, 1.165) is 25.9 Å². The molecule has 0 bridgehead atoms. The maximum absolute atomic E-state index is 12.0. The summed E-state index contributed by atoms with van der Waals surface area (Å²) >= 11 is 0. The van der Waals surface area contributed by atoms with E-state index >= 15 is 0 Å². The molecule has 0 spiro atoms. The largest absolute Gasteiger partial charge is 0.481 e. The molecule has 0 saturated carbocycles. The number of ether oxygens (including phenoxy) is 1. The highest BCUT2D eigenvalue weighted by Crippen LogP contribution is 2.20. The van der Waals surface area contributed by atoms with Gasteiger partial charge in [0, 0.05) is 31.7 Å². The molecule has 0 aromatic rings. The summed E-state index contributed by atoms with van der Waals surface area (Å²) in [6, 6.07) is -0.284. The van der Waals surface area contributed by atoms with Crippen molar-refractivity contribution in [3.63, 3.8) is 0 Å². The third-order valence-electron chi connectivity index (χ3n) is 3.61. The third kappa shape index (κ3) is 3.35. The standard InChI is InChI=1S/C12H20N2O4/c15-11(16)6-10-2-1-4-14(10)12(17)13-7-9-3-5-18-8-9/h9-10H,1-8H2,(H,13,17)(H,15,16). The van der Waals surface area contributed by atoms with E-state index < -0.39 is 5.97 Å². The second kappa shape index (κ2) is 6.04. The van der Waals surface area contributed by atoms with Crippen molar-refractivity contribution in [1.29, 1.82) is 0 Å². The number of urea groups is 1. The molecule has 6 nitrogen and oxygen atoms in total. The van der Waals surface area contributed by atoms with Crippen LogP contribution in [0.1, 0.15) is 25.7 Å². The summed E-state index contributed by atoms with van der Waals surface area (Å²) in [7, 11) is 0. The second-order valence-electron chi connectivity index (χ2n) is 5.00. The van der Waals surface area contributed by atoms with E-state index in [9.17, 15) is 9.59 Å². The number of carboxylic acid groups (broad SMARTS) is 1. The first-order valence-corrected chi connectivity index (χ1v) is 6.51. The van der Waals surface area contributed by atoms with Gasteiger partial charge >= 0.3 is 12.0 Å². The maximum atomic E-state index is 12.0. The summed E-state index contributed by atoms with van der Waals surface area (Å²) in [5.41, 5.74) is 0. The summed E-state index contributed by atoms with van der Waals surface area (Å²) in [6.07, 6.45) is 2.70. The summed E-state index contributed by atoms with van der Waals surface area (Å²) < 4.78 is 5.25. The Morgan fingerprint density at radius 2 is 2.22 bits per heavy atom. The highest BCUT2D eigenvalue weighted by Gasteiger charge is 2.30. The van der Waals surface area contributed by atoms with E-state index in [-0.39, 0.29) is 18.5 Å². The van der Waals surface area contributed by atoms with Gasteiger partial charge in [-0.15, -0.1) is 0 Å². The molecule has 2 fully saturated rings. The Morgan fingerprint density at radius 1 is 1.39 bits per heavy atom. The average Bonchev–Trinajstić information content (AvgIpc) is 2.95. The van der Waals surface area contributed by atoms with Crippen molar-refractivity contribution < 1.29 is 19.4 Å². The van der Waals surface area contributed by atoms with Crippen LogP contribution >= 0.6 is 0 Å². The minimum atomic E-state index is -0.844. The molecular weight excluding hydrogens is 236 g/mol. The lowest BCUT2D eigenvalue weighted by Crippen LogP contribution is -2.45. The van der Waals surface area contributed by atoms with Gasteiger partial charge in [-0.25, -0.2) is 4.79 Å². The fraction of sp³-hybridized carbons (Fsp3) is 0.833. The van der Waals surface area contributed by atoms with Crippen molar-refractivity contribution >= 4 is 12.0 Å². The van der Waals surface area contributed by atoms with Crippen molar-refractivity contribution in [3.05, 3.63) is 0 Å². The molecule has 2 unspecified atom stereocenters. The lowest BCUT2D eigenvalue weighted by atomic mass is 10.1. The molecule has 2 heterocycles. The Hall–Kier alpha value is -1.30. The molecule has 2 aliphatic rings. The summed E-state index contributed by atoms with van der Waals surface area (Å²) in [6.45, 7) is 2.75. The van der Waals surface area contributed by atoms with E-state index in [1.165, 1.54) is 0 Å². The fourth-order valence-corrected chi connectivity index (χ4v) is 2.59. The molecule has 2 amide bonds. The molecule has 18 heavy (non-hydrogen) atoms. The minimum Gasteiger partial charge on any atom is -0.481 e. The van der Waals surface area contributed by atoms with Gasteiger partial charge in [-0.05, 0) is 19.3 Å². The van der Waals surface area contributed by atoms with Gasteiger partial charge < -0.3 is 20.1 Å². The molecule has 2 N–H and O–H groups in total. The number of carbonyl (C=O) groups is 2. The molecule has 0 aromatic carbocycles. The Kier molecular flexibility index (Phi) is 4.41. The summed E-state index contributed by atoms with van der Waals surface area (Å²) in [5, 5.41) is 11.7. The first-order valence-electron chi connectivity index (χ1n) is 6.51. The van der Waals surface area contributed by atoms with Crippen LogP contribution in [0.25, 0.3) is 0 Å². The van der Waals surface area contributed by atoms with Gasteiger partial charge in [0.05, 0.1) is 13.0 Å². The van der Waals surface area contributed by atoms with E-state index in [2.05, 4.69) is 5.32 Å². The minimum absolute atomic E-state index is 0.0416. The van der Waals surface area contributed by atoms with Crippen molar-refractivity contribution in [2.24, 2.45) is 5.92 Å². The van der Waals surface area contributed by atoms with Crippen LogP contribution in [0, 0.1) is 5.92 Å². The van der Waals surface area contributed by atoms with Crippen LogP contribution < -0.4 is 5.32 Å². The number of nitrogens with zero attached hydrogens (tertiary/aromatic N) is 1. The Balaban J connectivity index is 1.77. The Morgan fingerprint density at radius 3 is 2.89 bits per heavy atom. The van der Waals surface area contributed by atoms with Gasteiger partial charge in [0.15, 0.2) is 0 Å². The monoisotopic (exact) mass is 256 g/mol. The number of aliphatic carboxylic acids is 1. The molecule has 6 heteroatoms. The predicted molar refractivity (Wildman–Crippen MR) is 64.3 cm³/mol. The van der Waals surface area contributed by atoms with Crippen molar-refractivity contribution in [2.45, 2.75) is 31.7 Å². The highest BCUT2D eigenvalue weighted by molar-refractivity contribution is 5.76. The van der Waals surface area contributed by atoms with Crippen molar-refractivity contribution in [2.75, 3.05) is 26.3 Å². The van der Waals surface area contributed by atoms with Gasteiger partial charge in [0.2, 0.25) is 0 Å². The molecule has 2 atom stereocenters. The molecule has 2 saturated heterocycles. The van der Waals surface area contributed by atoms with E-state index in [1.807, 2.05) is 0 Å². The Labute approximate surface area is 106 Å². The number of nitrogens with one attached hydrogen (secondary N) is 1. The van der Waals surface area contributed by atoms with Gasteiger partial charge in [-0.2, -0.15) is 0 Å². The topological polar surface area (TPSA) is 78.9 Å². The van der Waals surface area contributed by atoms with Gasteiger partial charge in [-0.3, -0.25) is 4.79 Å². The fourth-order valence-electron chi connectivity index (χ4n) is 2.59. The first-order chi connectivity index (χ1) is 8.66. The molecule has 0 radical (unpaired) electrons. The number of rotatable bonds is 4. The number of hydrogen-bond acceptors (Lipinski definition) is 3. The normalized spacial score (nSPS) is 27.4. The summed E-state index contributed by atoms with van der Waals surface area (Å²) in [5.74, 6) is -0.446. The average molecular weight is 256 g/mol. The van der Waals surface area contributed by atoms with Gasteiger partial charge in [-0.1, -0.05) is 0 Å². The van der Waals surface area contributed by atoms with Crippen LogP contribution in [-0.4, -0.2) is 54.4 Å². The van der Waals surface area contributed by atoms with Crippen LogP contribution in [0.4, 0.5) is 4.79 Å². The maximum Gasteiger partial charge on any atom is 0.317 e. The predicted octanol–water partition coefficient (Wildman–Crippen LogP) is 0.672.